The molecule has 0 atom stereocenters. The van der Waals surface area contributed by atoms with Crippen molar-refractivity contribution in [1.82, 2.24) is 14.7 Å². The van der Waals surface area contributed by atoms with E-state index in [2.05, 4.69) is 5.10 Å². The Morgan fingerprint density at radius 1 is 0.977 bits per heavy atom. The van der Waals surface area contributed by atoms with E-state index in [0.717, 1.165) is 24.3 Å². The minimum atomic E-state index is -5.11. The van der Waals surface area contributed by atoms with Crippen LogP contribution in [0.5, 0.6) is 0 Å². The third-order valence-corrected chi connectivity index (χ3v) is 7.81. The van der Waals surface area contributed by atoms with Crippen molar-refractivity contribution in [3.8, 4) is 0 Å². The minimum Gasteiger partial charge on any atom is -0.481 e. The maximum atomic E-state index is 14.4. The fourth-order valence-corrected chi connectivity index (χ4v) is 5.87. The van der Waals surface area contributed by atoms with Gasteiger partial charge >= 0.3 is 12.1 Å². The molecule has 1 aliphatic carbocycles. The van der Waals surface area contributed by atoms with Crippen LogP contribution in [0.4, 0.5) is 22.0 Å². The van der Waals surface area contributed by atoms with E-state index < -0.39 is 77.7 Å². The van der Waals surface area contributed by atoms with Crippen LogP contribution >= 0.6 is 23.2 Å². The molecule has 1 fully saturated rings. The number of aliphatic carboxylic acids is 1. The zero-order chi connectivity index (χ0) is 32.5. The summed E-state index contributed by atoms with van der Waals surface area (Å²) in [6.07, 6.45) is -4.12. The van der Waals surface area contributed by atoms with Gasteiger partial charge in [-0.1, -0.05) is 23.2 Å². The summed E-state index contributed by atoms with van der Waals surface area (Å²) in [4.78, 5) is 50.5. The fourth-order valence-electron chi connectivity index (χ4n) is 5.17. The Hall–Kier alpha value is -4.04. The second-order valence-electron chi connectivity index (χ2n) is 10.2. The topological polar surface area (TPSA) is 136 Å². The van der Waals surface area contributed by atoms with Gasteiger partial charge in [0.15, 0.2) is 11.5 Å². The van der Waals surface area contributed by atoms with Gasteiger partial charge < -0.3 is 15.7 Å². The lowest BCUT2D eigenvalue weighted by Gasteiger charge is -2.28. The largest absolute Gasteiger partial charge is 0.481 e. The van der Waals surface area contributed by atoms with Gasteiger partial charge in [0.1, 0.15) is 11.6 Å². The normalized spacial score (nSPS) is 16.9. The van der Waals surface area contributed by atoms with Crippen LogP contribution in [0.2, 0.25) is 10.0 Å². The van der Waals surface area contributed by atoms with Crippen molar-refractivity contribution in [2.45, 2.75) is 44.4 Å². The first kappa shape index (κ1) is 32.9. The Balaban J connectivity index is 1.74. The lowest BCUT2D eigenvalue weighted by atomic mass is 9.86. The van der Waals surface area contributed by atoms with E-state index in [9.17, 15) is 46.2 Å². The first-order valence-electron chi connectivity index (χ1n) is 13.0. The minimum absolute atomic E-state index is 0.0540. The summed E-state index contributed by atoms with van der Waals surface area (Å²) < 4.78 is 71.8. The highest BCUT2D eigenvalue weighted by atomic mass is 35.5. The second-order valence-corrected chi connectivity index (χ2v) is 11.0. The van der Waals surface area contributed by atoms with Crippen LogP contribution in [0.1, 0.15) is 74.1 Å². The number of aromatic nitrogens is 2. The monoisotopic (exact) mass is 660 g/mol. The molecule has 4 rings (SSSR count). The zero-order valence-corrected chi connectivity index (χ0v) is 24.0. The summed E-state index contributed by atoms with van der Waals surface area (Å²) in [6, 6.07) is 3.45. The van der Waals surface area contributed by atoms with Crippen LogP contribution in [0.15, 0.2) is 36.5 Å². The van der Waals surface area contributed by atoms with Crippen molar-refractivity contribution < 1.29 is 46.2 Å². The van der Waals surface area contributed by atoms with Crippen LogP contribution in [0.3, 0.4) is 0 Å². The lowest BCUT2D eigenvalue weighted by Crippen LogP contribution is -2.37. The summed E-state index contributed by atoms with van der Waals surface area (Å²) in [5.41, 5.74) is 2.16. The zero-order valence-electron chi connectivity index (χ0n) is 22.5. The molecule has 0 spiro atoms. The third kappa shape index (κ3) is 7.18. The molecule has 2 aromatic carbocycles. The maximum absolute atomic E-state index is 14.4. The van der Waals surface area contributed by atoms with Crippen molar-refractivity contribution >= 4 is 46.8 Å². The Kier molecular flexibility index (Phi) is 9.64. The van der Waals surface area contributed by atoms with Gasteiger partial charge in [-0.05, 0) is 55.5 Å². The molecule has 44 heavy (non-hydrogen) atoms. The van der Waals surface area contributed by atoms with Gasteiger partial charge in [-0.2, -0.15) is 18.3 Å². The van der Waals surface area contributed by atoms with E-state index in [4.69, 9.17) is 28.9 Å². The molecule has 3 N–H and O–H groups in total. The molecule has 0 saturated heterocycles. The van der Waals surface area contributed by atoms with Crippen LogP contribution in [0, 0.1) is 17.6 Å². The molecule has 1 aliphatic rings. The summed E-state index contributed by atoms with van der Waals surface area (Å²) in [5.74, 6) is -7.07. The molecule has 234 valence electrons. The average molecular weight is 661 g/mol. The number of ketones is 1. The standard InChI is InChI=1S/C28H23Cl2F5N4O5/c29-20-7-15(25(36)41)8-21(30)23(20)22(40)12-38(11-13-5-16(31)9-17(32)6-13)26(42)19-10-37-39(24(19)28(33,34)35)18-3-1-14(2-4-18)27(43)44/h5-10,14,18H,1-4,11-12H2,(H2,36,41)(H,43,44)/t14-,18-. The van der Waals surface area contributed by atoms with Gasteiger partial charge in [0.25, 0.3) is 5.91 Å². The van der Waals surface area contributed by atoms with E-state index >= 15 is 0 Å². The van der Waals surface area contributed by atoms with E-state index in [1.54, 1.807) is 0 Å². The summed E-state index contributed by atoms with van der Waals surface area (Å²) in [5, 5.41) is 12.4. The Morgan fingerprint density at radius 3 is 2.05 bits per heavy atom. The number of carbonyl (C=O) groups excluding carboxylic acids is 3. The van der Waals surface area contributed by atoms with Crippen LogP contribution < -0.4 is 5.73 Å². The smallest absolute Gasteiger partial charge is 0.433 e. The number of rotatable bonds is 9. The van der Waals surface area contributed by atoms with E-state index in [1.165, 1.54) is 0 Å². The number of alkyl halides is 3. The number of benzene rings is 2. The lowest BCUT2D eigenvalue weighted by molar-refractivity contribution is -0.147. The van der Waals surface area contributed by atoms with Crippen molar-refractivity contribution in [2.75, 3.05) is 6.54 Å². The maximum Gasteiger partial charge on any atom is 0.433 e. The molecule has 16 heteroatoms. The summed E-state index contributed by atoms with van der Waals surface area (Å²) in [7, 11) is 0. The van der Waals surface area contributed by atoms with Crippen molar-refractivity contribution in [1.29, 1.82) is 0 Å². The summed E-state index contributed by atoms with van der Waals surface area (Å²) >= 11 is 12.3. The number of hydrogen-bond acceptors (Lipinski definition) is 5. The predicted molar refractivity (Wildman–Crippen MR) is 146 cm³/mol. The van der Waals surface area contributed by atoms with Gasteiger partial charge in [0, 0.05) is 18.2 Å². The van der Waals surface area contributed by atoms with Gasteiger partial charge in [0.05, 0.1) is 45.9 Å². The van der Waals surface area contributed by atoms with Crippen molar-refractivity contribution in [2.24, 2.45) is 11.7 Å². The molecule has 9 nitrogen and oxygen atoms in total. The SMILES string of the molecule is NC(=O)c1cc(Cl)c(C(=O)CN(Cc2cc(F)cc(F)c2)C(=O)c2cnn([C@H]3CC[C@H](C(=O)O)CC3)c2C(F)(F)F)c(Cl)c1. The molecular formula is C28H23Cl2F5N4O5. The van der Waals surface area contributed by atoms with Gasteiger partial charge in [-0.3, -0.25) is 23.9 Å². The van der Waals surface area contributed by atoms with Crippen LogP contribution in [-0.2, 0) is 17.5 Å². The summed E-state index contributed by atoms with van der Waals surface area (Å²) in [6.45, 7) is -1.65. The first-order valence-corrected chi connectivity index (χ1v) is 13.8. The number of carboxylic acids is 1. The number of carbonyl (C=O) groups is 4. The number of nitrogens with zero attached hydrogens (tertiary/aromatic N) is 3. The Labute approximate surface area is 256 Å². The molecule has 0 radical (unpaired) electrons. The number of nitrogens with two attached hydrogens (primary N) is 1. The van der Waals surface area contributed by atoms with E-state index in [0.29, 0.717) is 21.8 Å². The average Bonchev–Trinajstić information content (AvgIpc) is 3.37. The Morgan fingerprint density at radius 2 is 1.55 bits per heavy atom. The number of Topliss-reactive ketones (excluding diaryl/α,β-unsaturated/α-hetero) is 1. The highest BCUT2D eigenvalue weighted by Crippen LogP contribution is 2.39. The highest BCUT2D eigenvalue weighted by molar-refractivity contribution is 6.40. The number of halogens is 7. The first-order chi connectivity index (χ1) is 20.6. The molecule has 0 bridgehead atoms. The number of carboxylic acid groups (broad SMARTS) is 1. The van der Waals surface area contributed by atoms with Gasteiger partial charge in [0.2, 0.25) is 5.91 Å². The molecule has 3 aromatic rings. The predicted octanol–water partition coefficient (Wildman–Crippen LogP) is 5.93. The molecular weight excluding hydrogens is 638 g/mol. The number of hydrogen-bond donors (Lipinski definition) is 2. The molecule has 1 heterocycles. The van der Waals surface area contributed by atoms with E-state index in [-0.39, 0.29) is 52.4 Å². The number of amides is 2. The highest BCUT2D eigenvalue weighted by Gasteiger charge is 2.43. The molecule has 2 amide bonds. The molecule has 0 aliphatic heterocycles. The van der Waals surface area contributed by atoms with Gasteiger partial charge in [-0.25, -0.2) is 8.78 Å². The number of primary amides is 1. The second kappa shape index (κ2) is 12.9. The molecule has 0 unspecified atom stereocenters. The Bertz CT molecular complexity index is 1590. The molecule has 1 saturated carbocycles. The van der Waals surface area contributed by atoms with Crippen LogP contribution in [-0.4, -0.2) is 49.9 Å². The van der Waals surface area contributed by atoms with E-state index in [1.807, 2.05) is 0 Å². The van der Waals surface area contributed by atoms with Crippen molar-refractivity contribution in [3.05, 3.63) is 86.2 Å². The third-order valence-electron chi connectivity index (χ3n) is 7.21. The quantitative estimate of drug-likeness (QED) is 0.216. The van der Waals surface area contributed by atoms with Crippen molar-refractivity contribution in [3.63, 3.8) is 0 Å². The molecule has 1 aromatic heterocycles. The van der Waals surface area contributed by atoms with Crippen LogP contribution in [0.25, 0.3) is 0 Å². The fraction of sp³-hybridized carbons (Fsp3) is 0.321. The van der Waals surface area contributed by atoms with Gasteiger partial charge in [-0.15, -0.1) is 0 Å².